The number of anilines is 1. The summed E-state index contributed by atoms with van der Waals surface area (Å²) in [5, 5.41) is 11.1. The molecule has 0 aliphatic carbocycles. The molecule has 1 amide bonds. The Morgan fingerprint density at radius 3 is 2.50 bits per heavy atom. The van der Waals surface area contributed by atoms with Crippen molar-refractivity contribution in [2.45, 2.75) is 11.5 Å². The second-order valence-electron chi connectivity index (χ2n) is 6.92. The van der Waals surface area contributed by atoms with Crippen molar-refractivity contribution in [1.82, 2.24) is 10.2 Å². The molecule has 10 heteroatoms. The molecule has 0 saturated carbocycles. The zero-order chi connectivity index (χ0) is 23.9. The Morgan fingerprint density at radius 2 is 1.74 bits per heavy atom. The Balaban J connectivity index is 1.33. The number of rotatable bonds is 8. The van der Waals surface area contributed by atoms with Crippen LogP contribution >= 0.6 is 23.4 Å². The number of carbonyl (C=O) groups excluding carboxylic acids is 2. The van der Waals surface area contributed by atoms with Crippen LogP contribution in [-0.2, 0) is 16.1 Å². The number of amides is 1. The molecule has 4 aromatic rings. The first-order chi connectivity index (χ1) is 16.5. The summed E-state index contributed by atoms with van der Waals surface area (Å²) in [7, 11) is 0. The first-order valence-corrected chi connectivity index (χ1v) is 11.4. The fraction of sp³-hybridized carbons (Fsp3) is 0.0833. The smallest absolute Gasteiger partial charge is 0.339 e. The first kappa shape index (κ1) is 23.5. The molecular weight excluding hydrogens is 481 g/mol. The average molecular weight is 498 g/mol. The summed E-state index contributed by atoms with van der Waals surface area (Å²) in [6.45, 7) is -0.205. The van der Waals surface area contributed by atoms with Crippen LogP contribution in [0.4, 0.5) is 10.1 Å². The zero-order valence-electron chi connectivity index (χ0n) is 17.5. The number of thioether (sulfide) groups is 1. The van der Waals surface area contributed by atoms with Gasteiger partial charge in [0.15, 0.2) is 6.61 Å². The van der Waals surface area contributed by atoms with E-state index in [9.17, 15) is 14.0 Å². The van der Waals surface area contributed by atoms with Crippen LogP contribution < -0.4 is 5.32 Å². The summed E-state index contributed by atoms with van der Waals surface area (Å²) in [6.07, 6.45) is 0. The van der Waals surface area contributed by atoms with E-state index in [0.717, 1.165) is 0 Å². The Morgan fingerprint density at radius 1 is 1.00 bits per heavy atom. The van der Waals surface area contributed by atoms with Crippen molar-refractivity contribution >= 4 is 40.9 Å². The molecule has 3 aromatic carbocycles. The Labute approximate surface area is 203 Å². The molecule has 0 saturated heterocycles. The number of nitrogens with one attached hydrogen (secondary N) is 1. The standard InChI is InChI=1S/C24H17ClFN3O4S/c25-16-7-5-15(6-8-16)23-29-28-22(33-23)13-32-24(31)19-3-1-2-4-20(19)34-14-21(30)27-18-11-9-17(26)10-12-18/h1-12H,13-14H2,(H,27,30). The van der Waals surface area contributed by atoms with Crippen LogP contribution in [0, 0.1) is 5.82 Å². The molecule has 1 heterocycles. The third-order valence-electron chi connectivity index (χ3n) is 4.48. The Kier molecular flexibility index (Phi) is 7.56. The first-order valence-electron chi connectivity index (χ1n) is 10.0. The van der Waals surface area contributed by atoms with Crippen LogP contribution in [0.25, 0.3) is 11.5 Å². The second kappa shape index (κ2) is 11.0. The second-order valence-corrected chi connectivity index (χ2v) is 8.38. The summed E-state index contributed by atoms with van der Waals surface area (Å²) in [6, 6.07) is 19.1. The van der Waals surface area contributed by atoms with Gasteiger partial charge in [-0.1, -0.05) is 23.7 Å². The van der Waals surface area contributed by atoms with Gasteiger partial charge in [0.05, 0.1) is 11.3 Å². The number of halogens is 2. The lowest BCUT2D eigenvalue weighted by atomic mass is 10.2. The van der Waals surface area contributed by atoms with Crippen molar-refractivity contribution < 1.29 is 23.1 Å². The van der Waals surface area contributed by atoms with Gasteiger partial charge in [0, 0.05) is 21.2 Å². The molecule has 0 fully saturated rings. The quantitative estimate of drug-likeness (QED) is 0.249. The van der Waals surface area contributed by atoms with Crippen molar-refractivity contribution in [3.05, 3.63) is 95.1 Å². The van der Waals surface area contributed by atoms with Gasteiger partial charge in [-0.25, -0.2) is 9.18 Å². The van der Waals surface area contributed by atoms with E-state index in [0.29, 0.717) is 26.7 Å². The molecular formula is C24H17ClFN3O4S. The Hall–Kier alpha value is -3.69. The van der Waals surface area contributed by atoms with E-state index in [1.54, 1.807) is 48.5 Å². The number of nitrogens with zero attached hydrogens (tertiary/aromatic N) is 2. The number of hydrogen-bond acceptors (Lipinski definition) is 7. The van der Waals surface area contributed by atoms with Crippen LogP contribution in [0.2, 0.25) is 5.02 Å². The topological polar surface area (TPSA) is 94.3 Å². The maximum atomic E-state index is 13.0. The molecule has 4 rings (SSSR count). The third-order valence-corrected chi connectivity index (χ3v) is 5.80. The number of esters is 1. The molecule has 34 heavy (non-hydrogen) atoms. The normalized spacial score (nSPS) is 10.6. The van der Waals surface area contributed by atoms with E-state index < -0.39 is 5.97 Å². The van der Waals surface area contributed by atoms with Crippen molar-refractivity contribution in [2.24, 2.45) is 0 Å². The van der Waals surface area contributed by atoms with Crippen molar-refractivity contribution in [2.75, 3.05) is 11.1 Å². The summed E-state index contributed by atoms with van der Waals surface area (Å²) < 4.78 is 23.9. The van der Waals surface area contributed by atoms with E-state index in [1.165, 1.54) is 36.0 Å². The van der Waals surface area contributed by atoms with Crippen LogP contribution in [-0.4, -0.2) is 27.8 Å². The van der Waals surface area contributed by atoms with E-state index in [4.69, 9.17) is 20.8 Å². The van der Waals surface area contributed by atoms with Crippen molar-refractivity contribution in [1.29, 1.82) is 0 Å². The number of aromatic nitrogens is 2. The minimum absolute atomic E-state index is 0.0514. The summed E-state index contributed by atoms with van der Waals surface area (Å²) in [5.41, 5.74) is 1.48. The monoisotopic (exact) mass is 497 g/mol. The van der Waals surface area contributed by atoms with Crippen LogP contribution in [0.1, 0.15) is 16.2 Å². The summed E-state index contributed by atoms with van der Waals surface area (Å²) in [5.74, 6) is -0.793. The molecule has 7 nitrogen and oxygen atoms in total. The van der Waals surface area contributed by atoms with Gasteiger partial charge in [0.25, 0.3) is 5.89 Å². The lowest BCUT2D eigenvalue weighted by Crippen LogP contribution is -2.14. The number of benzene rings is 3. The maximum absolute atomic E-state index is 13.0. The van der Waals surface area contributed by atoms with Gasteiger partial charge < -0.3 is 14.5 Å². The highest BCUT2D eigenvalue weighted by Crippen LogP contribution is 2.25. The van der Waals surface area contributed by atoms with Crippen molar-refractivity contribution in [3.8, 4) is 11.5 Å². The van der Waals surface area contributed by atoms with Crippen LogP contribution in [0.5, 0.6) is 0 Å². The fourth-order valence-electron chi connectivity index (χ4n) is 2.86. The summed E-state index contributed by atoms with van der Waals surface area (Å²) in [4.78, 5) is 25.4. The molecule has 0 aliphatic heterocycles. The molecule has 0 bridgehead atoms. The lowest BCUT2D eigenvalue weighted by Gasteiger charge is -2.09. The maximum Gasteiger partial charge on any atom is 0.339 e. The molecule has 0 unspecified atom stereocenters. The average Bonchev–Trinajstić information content (AvgIpc) is 3.32. The van der Waals surface area contributed by atoms with Crippen LogP contribution in [0.15, 0.2) is 82.1 Å². The van der Waals surface area contributed by atoms with Crippen molar-refractivity contribution in [3.63, 3.8) is 0 Å². The predicted octanol–water partition coefficient (Wildman–Crippen LogP) is 5.62. The van der Waals surface area contributed by atoms with Gasteiger partial charge in [-0.3, -0.25) is 4.79 Å². The predicted molar refractivity (Wildman–Crippen MR) is 126 cm³/mol. The van der Waals surface area contributed by atoms with Gasteiger partial charge in [-0.2, -0.15) is 0 Å². The third kappa shape index (κ3) is 6.21. The SMILES string of the molecule is O=C(CSc1ccccc1C(=O)OCc1nnc(-c2ccc(Cl)cc2)o1)Nc1ccc(F)cc1. The van der Waals surface area contributed by atoms with E-state index in [2.05, 4.69) is 15.5 Å². The van der Waals surface area contributed by atoms with Gasteiger partial charge in [0.2, 0.25) is 11.8 Å². The number of ether oxygens (including phenoxy) is 1. The Bertz CT molecular complexity index is 1300. The highest BCUT2D eigenvalue weighted by Gasteiger charge is 2.16. The van der Waals surface area contributed by atoms with E-state index in [1.807, 2.05) is 0 Å². The van der Waals surface area contributed by atoms with Gasteiger partial charge in [-0.15, -0.1) is 22.0 Å². The van der Waals surface area contributed by atoms with Gasteiger partial charge in [-0.05, 0) is 60.7 Å². The highest BCUT2D eigenvalue weighted by molar-refractivity contribution is 8.00. The molecule has 0 radical (unpaired) electrons. The summed E-state index contributed by atoms with van der Waals surface area (Å²) >= 11 is 7.06. The molecule has 0 atom stereocenters. The minimum atomic E-state index is -0.590. The molecule has 172 valence electrons. The minimum Gasteiger partial charge on any atom is -0.452 e. The van der Waals surface area contributed by atoms with Crippen LogP contribution in [0.3, 0.4) is 0 Å². The molecule has 0 spiro atoms. The number of carbonyl (C=O) groups is 2. The fourth-order valence-corrected chi connectivity index (χ4v) is 3.83. The molecule has 1 aromatic heterocycles. The molecule has 0 aliphatic rings. The largest absolute Gasteiger partial charge is 0.452 e. The number of hydrogen-bond donors (Lipinski definition) is 1. The molecule has 1 N–H and O–H groups in total. The van der Waals surface area contributed by atoms with Gasteiger partial charge in [0.1, 0.15) is 5.82 Å². The highest BCUT2D eigenvalue weighted by atomic mass is 35.5. The van der Waals surface area contributed by atoms with Gasteiger partial charge >= 0.3 is 5.97 Å². The van der Waals surface area contributed by atoms with E-state index >= 15 is 0 Å². The lowest BCUT2D eigenvalue weighted by molar-refractivity contribution is -0.113. The van der Waals surface area contributed by atoms with E-state index in [-0.39, 0.29) is 35.9 Å². The zero-order valence-corrected chi connectivity index (χ0v) is 19.1.